The van der Waals surface area contributed by atoms with Crippen LogP contribution in [0.1, 0.15) is 52.4 Å². The van der Waals surface area contributed by atoms with Crippen molar-refractivity contribution in [2.45, 2.75) is 52.4 Å². The zero-order chi connectivity index (χ0) is 11.5. The van der Waals surface area contributed by atoms with E-state index < -0.39 is 25.5 Å². The van der Waals surface area contributed by atoms with Crippen molar-refractivity contribution in [3.8, 4) is 0 Å². The molecular weight excluding hydrogens is 385 g/mol. The molecule has 0 aromatic carbocycles. The third kappa shape index (κ3) is 10.2. The Bertz CT molecular complexity index is 174. The van der Waals surface area contributed by atoms with Crippen LogP contribution in [0.25, 0.3) is 0 Å². The average Bonchev–Trinajstić information content (AvgIpc) is 2.23. The molecule has 84 valence electrons. The van der Waals surface area contributed by atoms with Gasteiger partial charge in [-0.25, -0.2) is 0 Å². The van der Waals surface area contributed by atoms with Crippen molar-refractivity contribution >= 4 is 11.9 Å². The fraction of sp³-hybridized carbons (Fsp3) is 0.800. The van der Waals surface area contributed by atoms with Crippen LogP contribution in [0.3, 0.4) is 0 Å². The van der Waals surface area contributed by atoms with Gasteiger partial charge in [0.1, 0.15) is 0 Å². The molecule has 15 heavy (non-hydrogen) atoms. The quantitative estimate of drug-likeness (QED) is 0.585. The van der Waals surface area contributed by atoms with Gasteiger partial charge in [-0.05, 0) is 0 Å². The number of hydrogen-bond donors (Lipinski definition) is 0. The van der Waals surface area contributed by atoms with Gasteiger partial charge in [0.2, 0.25) is 0 Å². The van der Waals surface area contributed by atoms with Crippen molar-refractivity contribution in [3.63, 3.8) is 0 Å². The van der Waals surface area contributed by atoms with Crippen LogP contribution in [0.15, 0.2) is 0 Å². The molecule has 0 unspecified atom stereocenters. The summed E-state index contributed by atoms with van der Waals surface area (Å²) in [4.78, 5) is 22.1. The first-order valence-electron chi connectivity index (χ1n) is 5.52. The molecular formula is C10H18HgO4. The van der Waals surface area contributed by atoms with E-state index in [0.29, 0.717) is 12.8 Å². The first kappa shape index (κ1) is 14.9. The zero-order valence-corrected chi connectivity index (χ0v) is 15.1. The van der Waals surface area contributed by atoms with E-state index in [1.54, 1.807) is 0 Å². The van der Waals surface area contributed by atoms with Crippen LogP contribution < -0.4 is 0 Å². The van der Waals surface area contributed by atoms with E-state index >= 15 is 0 Å². The topological polar surface area (TPSA) is 52.6 Å². The summed E-state index contributed by atoms with van der Waals surface area (Å²) in [6.45, 7) is 4.03. The Hall–Kier alpha value is -0.125. The summed E-state index contributed by atoms with van der Waals surface area (Å²) in [5.41, 5.74) is 0. The Morgan fingerprint density at radius 3 is 1.67 bits per heavy atom. The second-order valence-corrected chi connectivity index (χ2v) is 6.52. The van der Waals surface area contributed by atoms with Crippen LogP contribution in [0.5, 0.6) is 0 Å². The Morgan fingerprint density at radius 1 is 0.933 bits per heavy atom. The molecule has 0 heterocycles. The van der Waals surface area contributed by atoms with Crippen molar-refractivity contribution in [2.75, 3.05) is 0 Å². The molecule has 0 aromatic rings. The molecule has 0 aliphatic carbocycles. The molecule has 0 saturated carbocycles. The average molecular weight is 403 g/mol. The van der Waals surface area contributed by atoms with Gasteiger partial charge in [-0.15, -0.1) is 0 Å². The molecule has 0 atom stereocenters. The molecule has 0 rings (SSSR count). The maximum absolute atomic E-state index is 11.0. The Morgan fingerprint density at radius 2 is 1.33 bits per heavy atom. The Balaban J connectivity index is 3.36. The molecule has 0 aliphatic rings. The van der Waals surface area contributed by atoms with Crippen molar-refractivity contribution in [1.29, 1.82) is 0 Å². The normalized spacial score (nSPS) is 9.20. The summed E-state index contributed by atoms with van der Waals surface area (Å²) in [5, 5.41) is 0. The molecule has 0 fully saturated rings. The van der Waals surface area contributed by atoms with Gasteiger partial charge in [-0.2, -0.15) is 0 Å². The Kier molecular flexibility index (Phi) is 10.3. The van der Waals surface area contributed by atoms with Gasteiger partial charge in [-0.1, -0.05) is 0 Å². The number of unbranched alkanes of at least 4 members (excludes halogenated alkanes) is 2. The molecule has 0 aromatic heterocycles. The van der Waals surface area contributed by atoms with Crippen LogP contribution in [-0.4, -0.2) is 11.9 Å². The van der Waals surface area contributed by atoms with Crippen molar-refractivity contribution in [1.82, 2.24) is 0 Å². The summed E-state index contributed by atoms with van der Waals surface area (Å²) >= 11 is -2.15. The van der Waals surface area contributed by atoms with E-state index in [2.05, 4.69) is 0 Å². The predicted octanol–water partition coefficient (Wildman–Crippen LogP) is 2.37. The summed E-state index contributed by atoms with van der Waals surface area (Å²) in [5.74, 6) is -0.413. The third-order valence-electron chi connectivity index (χ3n) is 1.91. The standard InChI is InChI=1S/2C5H10O2.Hg/c2*1-2-3-4-5(6)7;/h2*2-4H2,1H3,(H,6,7);/q;;+2/p-2. The summed E-state index contributed by atoms with van der Waals surface area (Å²) in [7, 11) is 0. The minimum atomic E-state index is -2.15. The number of carbonyl (C=O) groups excluding carboxylic acids is 2. The van der Waals surface area contributed by atoms with E-state index in [-0.39, 0.29) is 11.9 Å². The molecule has 0 radical (unpaired) electrons. The number of rotatable bonds is 8. The van der Waals surface area contributed by atoms with Crippen LogP contribution in [0.4, 0.5) is 0 Å². The first-order valence-corrected chi connectivity index (χ1v) is 10.0. The summed E-state index contributed by atoms with van der Waals surface area (Å²) in [6, 6.07) is 0. The molecule has 4 nitrogen and oxygen atoms in total. The molecule has 0 aliphatic heterocycles. The van der Waals surface area contributed by atoms with Gasteiger partial charge in [0.05, 0.1) is 0 Å². The van der Waals surface area contributed by atoms with E-state index in [1.807, 2.05) is 13.8 Å². The van der Waals surface area contributed by atoms with Crippen molar-refractivity contribution < 1.29 is 40.4 Å². The second kappa shape index (κ2) is 10.4. The van der Waals surface area contributed by atoms with Gasteiger partial charge in [0.15, 0.2) is 0 Å². The van der Waals surface area contributed by atoms with Crippen LogP contribution in [0.2, 0.25) is 0 Å². The maximum atomic E-state index is 11.0. The van der Waals surface area contributed by atoms with Gasteiger partial charge < -0.3 is 0 Å². The minimum absolute atomic E-state index is 0.207. The van der Waals surface area contributed by atoms with Crippen LogP contribution >= 0.6 is 0 Å². The first-order chi connectivity index (χ1) is 7.20. The third-order valence-corrected chi connectivity index (χ3v) is 5.33. The Labute approximate surface area is 104 Å². The van der Waals surface area contributed by atoms with Gasteiger partial charge in [-0.3, -0.25) is 0 Å². The monoisotopic (exact) mass is 404 g/mol. The van der Waals surface area contributed by atoms with E-state index in [4.69, 9.17) is 5.29 Å². The van der Waals surface area contributed by atoms with Crippen LogP contribution in [0, 0.1) is 0 Å². The molecule has 0 saturated heterocycles. The van der Waals surface area contributed by atoms with E-state index in [9.17, 15) is 9.59 Å². The molecule has 0 spiro atoms. The van der Waals surface area contributed by atoms with Gasteiger partial charge >= 0.3 is 105 Å². The van der Waals surface area contributed by atoms with E-state index in [1.165, 1.54) is 0 Å². The molecule has 0 N–H and O–H groups in total. The molecule has 0 amide bonds. The second-order valence-electron chi connectivity index (χ2n) is 3.36. The molecule has 5 heteroatoms. The van der Waals surface area contributed by atoms with Gasteiger partial charge in [0, 0.05) is 0 Å². The predicted molar refractivity (Wildman–Crippen MR) is 51.2 cm³/mol. The molecule has 0 bridgehead atoms. The SMILES string of the molecule is CCCCC(=O)[O][Hg][O]C(=O)CCCC. The zero-order valence-electron chi connectivity index (χ0n) is 9.58. The van der Waals surface area contributed by atoms with Crippen LogP contribution in [-0.2, 0) is 40.4 Å². The fourth-order valence-corrected chi connectivity index (χ4v) is 3.32. The van der Waals surface area contributed by atoms with Gasteiger partial charge in [0.25, 0.3) is 0 Å². The number of carbonyl (C=O) groups is 2. The van der Waals surface area contributed by atoms with Crippen molar-refractivity contribution in [3.05, 3.63) is 0 Å². The van der Waals surface area contributed by atoms with Crippen molar-refractivity contribution in [2.24, 2.45) is 0 Å². The summed E-state index contributed by atoms with van der Waals surface area (Å²) < 4.78 is 9.87. The fourth-order valence-electron chi connectivity index (χ4n) is 0.947. The summed E-state index contributed by atoms with van der Waals surface area (Å²) in [6.07, 6.45) is 4.53. The van der Waals surface area contributed by atoms with E-state index in [0.717, 1.165) is 25.7 Å². The number of hydrogen-bond acceptors (Lipinski definition) is 4.